The van der Waals surface area contributed by atoms with Crippen molar-refractivity contribution >= 4 is 11.9 Å². The third-order valence-corrected chi connectivity index (χ3v) is 5.29. The van der Waals surface area contributed by atoms with Crippen LogP contribution in [0, 0.1) is 11.8 Å². The van der Waals surface area contributed by atoms with E-state index in [2.05, 4.69) is 19.8 Å². The smallest absolute Gasteiger partial charge is 0.228 e. The van der Waals surface area contributed by atoms with E-state index in [9.17, 15) is 4.79 Å². The van der Waals surface area contributed by atoms with Gasteiger partial charge >= 0.3 is 0 Å². The fraction of sp³-hybridized carbons (Fsp3) is 0.688. The molecule has 0 aliphatic carbocycles. The van der Waals surface area contributed by atoms with Crippen molar-refractivity contribution in [2.24, 2.45) is 11.8 Å². The summed E-state index contributed by atoms with van der Waals surface area (Å²) in [6.45, 7) is 2.78. The summed E-state index contributed by atoms with van der Waals surface area (Å²) in [6, 6.07) is 2.20. The van der Waals surface area contributed by atoms with Crippen LogP contribution < -0.4 is 9.64 Å². The number of amides is 1. The van der Waals surface area contributed by atoms with Crippen LogP contribution in [0.5, 0.6) is 5.88 Å². The highest BCUT2D eigenvalue weighted by molar-refractivity contribution is 5.77. The summed E-state index contributed by atoms with van der Waals surface area (Å²) >= 11 is 0. The van der Waals surface area contributed by atoms with Crippen LogP contribution in [0.25, 0.3) is 0 Å². The molecule has 1 aromatic rings. The Morgan fingerprint density at radius 2 is 2.23 bits per heavy atom. The van der Waals surface area contributed by atoms with Crippen molar-refractivity contribution in [3.63, 3.8) is 0 Å². The summed E-state index contributed by atoms with van der Waals surface area (Å²) in [5.41, 5.74) is 0. The van der Waals surface area contributed by atoms with Gasteiger partial charge in [0, 0.05) is 44.4 Å². The fourth-order valence-corrected chi connectivity index (χ4v) is 4.37. The van der Waals surface area contributed by atoms with Gasteiger partial charge in [-0.05, 0) is 31.1 Å². The molecule has 3 atom stereocenters. The summed E-state index contributed by atoms with van der Waals surface area (Å²) in [5.74, 6) is 2.80. The zero-order valence-electron chi connectivity index (χ0n) is 12.9. The Morgan fingerprint density at radius 3 is 3.09 bits per heavy atom. The molecule has 4 heterocycles. The van der Waals surface area contributed by atoms with Gasteiger partial charge in [0.2, 0.25) is 17.7 Å². The van der Waals surface area contributed by atoms with Gasteiger partial charge in [0.1, 0.15) is 0 Å². The zero-order chi connectivity index (χ0) is 15.1. The average molecular weight is 302 g/mol. The largest absolute Gasteiger partial charge is 0.481 e. The Balaban J connectivity index is 1.56. The number of carbonyl (C=O) groups excluding carboxylic acids is 1. The molecule has 118 valence electrons. The molecule has 0 unspecified atom stereocenters. The molecular formula is C16H22N4O2. The lowest BCUT2D eigenvalue weighted by Crippen LogP contribution is -2.60. The lowest BCUT2D eigenvalue weighted by molar-refractivity contribution is -0.142. The Hall–Kier alpha value is -1.85. The van der Waals surface area contributed by atoms with Gasteiger partial charge in [0.15, 0.2) is 0 Å². The number of piperidine rings is 3. The highest BCUT2D eigenvalue weighted by Crippen LogP contribution is 2.38. The predicted octanol–water partition coefficient (Wildman–Crippen LogP) is 1.32. The van der Waals surface area contributed by atoms with Gasteiger partial charge in [-0.15, -0.1) is 0 Å². The maximum atomic E-state index is 12.2. The van der Waals surface area contributed by atoms with E-state index in [4.69, 9.17) is 4.74 Å². The molecule has 3 fully saturated rings. The normalized spacial score (nSPS) is 31.0. The van der Waals surface area contributed by atoms with Crippen molar-refractivity contribution in [1.82, 2.24) is 14.9 Å². The lowest BCUT2D eigenvalue weighted by Gasteiger charge is -2.52. The molecule has 6 nitrogen and oxygen atoms in total. The number of hydrogen-bond donors (Lipinski definition) is 0. The van der Waals surface area contributed by atoms with Gasteiger partial charge < -0.3 is 14.5 Å². The minimum absolute atomic E-state index is 0.358. The van der Waals surface area contributed by atoms with E-state index in [1.54, 1.807) is 19.4 Å². The van der Waals surface area contributed by atoms with Crippen LogP contribution in [0.4, 0.5) is 5.95 Å². The number of fused-ring (bicyclic) bond motifs is 4. The summed E-state index contributed by atoms with van der Waals surface area (Å²) in [7, 11) is 1.63. The molecule has 22 heavy (non-hydrogen) atoms. The molecule has 4 rings (SSSR count). The van der Waals surface area contributed by atoms with E-state index >= 15 is 0 Å². The topological polar surface area (TPSA) is 58.6 Å². The first kappa shape index (κ1) is 13.8. The molecule has 0 N–H and O–H groups in total. The number of methoxy groups -OCH3 is 1. The minimum atomic E-state index is 0.358. The molecule has 3 aliphatic heterocycles. The molecule has 3 aliphatic rings. The number of carbonyl (C=O) groups is 1. The third-order valence-electron chi connectivity index (χ3n) is 5.29. The SMILES string of the molecule is COc1ccnc(N2C[C@H]3C[C@H](C2)[C@@H]2CCCC(=O)N2C3)n1. The Bertz CT molecular complexity index is 579. The van der Waals surface area contributed by atoms with Crippen LogP contribution in [-0.2, 0) is 4.79 Å². The van der Waals surface area contributed by atoms with Crippen molar-refractivity contribution in [3.8, 4) is 5.88 Å². The van der Waals surface area contributed by atoms with E-state index in [1.165, 1.54) is 6.42 Å². The summed E-state index contributed by atoms with van der Waals surface area (Å²) in [6.07, 6.45) is 5.91. The summed E-state index contributed by atoms with van der Waals surface area (Å²) in [5, 5.41) is 0. The number of anilines is 1. The molecule has 6 heteroatoms. The van der Waals surface area contributed by atoms with Crippen LogP contribution in [0.1, 0.15) is 25.7 Å². The Morgan fingerprint density at radius 1 is 1.32 bits per heavy atom. The fourth-order valence-electron chi connectivity index (χ4n) is 4.37. The molecular weight excluding hydrogens is 280 g/mol. The van der Waals surface area contributed by atoms with Crippen molar-refractivity contribution in [2.45, 2.75) is 31.7 Å². The Kier molecular flexibility index (Phi) is 3.39. The van der Waals surface area contributed by atoms with E-state index in [0.717, 1.165) is 44.8 Å². The van der Waals surface area contributed by atoms with E-state index in [-0.39, 0.29) is 0 Å². The van der Waals surface area contributed by atoms with Crippen molar-refractivity contribution in [1.29, 1.82) is 0 Å². The number of ether oxygens (including phenoxy) is 1. The summed E-state index contributed by atoms with van der Waals surface area (Å²) < 4.78 is 5.21. The predicted molar refractivity (Wildman–Crippen MR) is 81.7 cm³/mol. The quantitative estimate of drug-likeness (QED) is 0.825. The molecule has 2 bridgehead atoms. The second kappa shape index (κ2) is 5.41. The minimum Gasteiger partial charge on any atom is -0.481 e. The first-order valence-electron chi connectivity index (χ1n) is 8.16. The van der Waals surface area contributed by atoms with Gasteiger partial charge in [-0.25, -0.2) is 4.98 Å². The summed E-state index contributed by atoms with van der Waals surface area (Å²) in [4.78, 5) is 25.5. The average Bonchev–Trinajstić information content (AvgIpc) is 2.56. The number of rotatable bonds is 2. The van der Waals surface area contributed by atoms with Gasteiger partial charge in [-0.1, -0.05) is 0 Å². The van der Waals surface area contributed by atoms with Crippen molar-refractivity contribution in [3.05, 3.63) is 12.3 Å². The maximum Gasteiger partial charge on any atom is 0.228 e. The van der Waals surface area contributed by atoms with Crippen LogP contribution >= 0.6 is 0 Å². The molecule has 0 saturated carbocycles. The standard InChI is InChI=1S/C16H22N4O2/c1-22-14-5-6-17-16(18-14)19-8-11-7-12(10-19)13-3-2-4-15(21)20(13)9-11/h5-6,11-13H,2-4,7-10H2,1H3/t11-,12-,13+/m1/s1. The van der Waals surface area contributed by atoms with E-state index < -0.39 is 0 Å². The molecule has 0 aromatic carbocycles. The van der Waals surface area contributed by atoms with E-state index in [0.29, 0.717) is 29.7 Å². The van der Waals surface area contributed by atoms with Gasteiger partial charge in [0.05, 0.1) is 7.11 Å². The Labute approximate surface area is 130 Å². The van der Waals surface area contributed by atoms with Gasteiger partial charge in [-0.2, -0.15) is 4.98 Å². The maximum absolute atomic E-state index is 12.2. The van der Waals surface area contributed by atoms with Crippen LogP contribution in [-0.4, -0.2) is 53.6 Å². The van der Waals surface area contributed by atoms with Crippen molar-refractivity contribution < 1.29 is 9.53 Å². The highest BCUT2D eigenvalue weighted by Gasteiger charge is 2.44. The van der Waals surface area contributed by atoms with Crippen LogP contribution in [0.3, 0.4) is 0 Å². The number of aromatic nitrogens is 2. The monoisotopic (exact) mass is 302 g/mol. The second-order valence-electron chi connectivity index (χ2n) is 6.67. The van der Waals surface area contributed by atoms with E-state index in [1.807, 2.05) is 0 Å². The molecule has 1 amide bonds. The first-order chi connectivity index (χ1) is 10.7. The lowest BCUT2D eigenvalue weighted by atomic mass is 9.76. The first-order valence-corrected chi connectivity index (χ1v) is 8.16. The number of nitrogens with zero attached hydrogens (tertiary/aromatic N) is 4. The van der Waals surface area contributed by atoms with Gasteiger partial charge in [-0.3, -0.25) is 4.79 Å². The van der Waals surface area contributed by atoms with Gasteiger partial charge in [0.25, 0.3) is 0 Å². The number of hydrogen-bond acceptors (Lipinski definition) is 5. The highest BCUT2D eigenvalue weighted by atomic mass is 16.5. The third kappa shape index (κ3) is 2.30. The molecule has 1 aromatic heterocycles. The van der Waals surface area contributed by atoms with Crippen LogP contribution in [0.15, 0.2) is 12.3 Å². The zero-order valence-corrected chi connectivity index (χ0v) is 12.9. The second-order valence-corrected chi connectivity index (χ2v) is 6.67. The van der Waals surface area contributed by atoms with Crippen LogP contribution in [0.2, 0.25) is 0 Å². The van der Waals surface area contributed by atoms with Crippen molar-refractivity contribution in [2.75, 3.05) is 31.6 Å². The molecule has 3 saturated heterocycles. The molecule has 0 spiro atoms. The molecule has 0 radical (unpaired) electrons.